The van der Waals surface area contributed by atoms with Crippen molar-refractivity contribution in [3.8, 4) is 0 Å². The van der Waals surface area contributed by atoms with E-state index in [1.807, 2.05) is 12.3 Å². The average molecular weight is 464 g/mol. The molecule has 180 valence electrons. The normalized spacial score (nSPS) is 18.8. The standard InChI is InChI=1S/C32H37N3/c1-6-27-9-14-30(19-23(2)18-27)29-12-10-28(11-13-29)20-26(5)34-32-16-15-31(21-33-32)35-17-7-8-24(3)25(4)22-35/h7,9-17,19,21-22,24H,6,8,18,20H2,1-5H3. The van der Waals surface area contributed by atoms with E-state index in [0.717, 1.165) is 42.9 Å². The molecule has 1 atom stereocenters. The van der Waals surface area contributed by atoms with Crippen molar-refractivity contribution in [3.05, 3.63) is 107 Å². The van der Waals surface area contributed by atoms with E-state index in [2.05, 4.69) is 112 Å². The topological polar surface area (TPSA) is 28.5 Å². The third-order valence-electron chi connectivity index (χ3n) is 6.82. The Morgan fingerprint density at radius 3 is 2.60 bits per heavy atom. The van der Waals surface area contributed by atoms with E-state index < -0.39 is 0 Å². The summed E-state index contributed by atoms with van der Waals surface area (Å²) in [5, 5.41) is 0. The van der Waals surface area contributed by atoms with Gasteiger partial charge in [-0.05, 0) is 74.8 Å². The van der Waals surface area contributed by atoms with Crippen LogP contribution in [-0.2, 0) is 6.42 Å². The zero-order valence-corrected chi connectivity index (χ0v) is 21.8. The van der Waals surface area contributed by atoms with E-state index in [-0.39, 0.29) is 0 Å². The number of aliphatic imine (C=N–C) groups is 1. The molecule has 3 nitrogen and oxygen atoms in total. The molecule has 0 saturated carbocycles. The molecule has 35 heavy (non-hydrogen) atoms. The van der Waals surface area contributed by atoms with Gasteiger partial charge in [0.2, 0.25) is 0 Å². The van der Waals surface area contributed by atoms with Crippen LogP contribution in [0.25, 0.3) is 5.57 Å². The minimum Gasteiger partial charge on any atom is -0.323 e. The van der Waals surface area contributed by atoms with Gasteiger partial charge in [0.1, 0.15) is 0 Å². The first-order chi connectivity index (χ1) is 16.9. The van der Waals surface area contributed by atoms with Gasteiger partial charge in [-0.2, -0.15) is 0 Å². The first-order valence-electron chi connectivity index (χ1n) is 12.7. The molecule has 2 heterocycles. The maximum absolute atomic E-state index is 4.76. The second-order valence-electron chi connectivity index (χ2n) is 9.87. The highest BCUT2D eigenvalue weighted by Gasteiger charge is 2.10. The Kier molecular flexibility index (Phi) is 7.97. The molecule has 0 bridgehead atoms. The molecular formula is C32H37N3. The number of hydrogen-bond donors (Lipinski definition) is 0. The first-order valence-corrected chi connectivity index (χ1v) is 12.7. The second kappa shape index (κ2) is 11.3. The zero-order valence-electron chi connectivity index (χ0n) is 21.8. The van der Waals surface area contributed by atoms with E-state index in [1.54, 1.807) is 0 Å². The van der Waals surface area contributed by atoms with Crippen LogP contribution in [0.1, 0.15) is 65.0 Å². The van der Waals surface area contributed by atoms with Gasteiger partial charge >= 0.3 is 0 Å². The molecule has 0 spiro atoms. The SMILES string of the molecule is CCC1=CC=C(c2ccc(CC(C)=Nc3ccc(N4C=CCC(C)C(C)=C4)cn3)cc2)C=C(C)C1. The minimum atomic E-state index is 0.569. The first kappa shape index (κ1) is 24.7. The van der Waals surface area contributed by atoms with Gasteiger partial charge in [0, 0.05) is 24.5 Å². The van der Waals surface area contributed by atoms with Crippen molar-refractivity contribution in [2.24, 2.45) is 10.9 Å². The van der Waals surface area contributed by atoms with E-state index in [9.17, 15) is 0 Å². The minimum absolute atomic E-state index is 0.569. The molecule has 1 aliphatic carbocycles. The molecule has 0 amide bonds. The van der Waals surface area contributed by atoms with Crippen LogP contribution in [-0.4, -0.2) is 10.7 Å². The molecule has 1 aliphatic heterocycles. The number of anilines is 1. The predicted molar refractivity (Wildman–Crippen MR) is 151 cm³/mol. The van der Waals surface area contributed by atoms with Crippen LogP contribution in [0.15, 0.2) is 101 Å². The number of allylic oxidation sites excluding steroid dienone is 8. The van der Waals surface area contributed by atoms with Gasteiger partial charge in [-0.15, -0.1) is 0 Å². The molecular weight excluding hydrogens is 426 g/mol. The quantitative estimate of drug-likeness (QED) is 0.401. The largest absolute Gasteiger partial charge is 0.323 e. The van der Waals surface area contributed by atoms with E-state index in [0.29, 0.717) is 5.92 Å². The summed E-state index contributed by atoms with van der Waals surface area (Å²) in [7, 11) is 0. The highest BCUT2D eigenvalue weighted by atomic mass is 15.1. The van der Waals surface area contributed by atoms with Crippen molar-refractivity contribution in [1.82, 2.24) is 4.98 Å². The lowest BCUT2D eigenvalue weighted by molar-refractivity contribution is 0.697. The Bertz CT molecular complexity index is 1220. The van der Waals surface area contributed by atoms with Gasteiger partial charge < -0.3 is 4.90 Å². The molecule has 1 aromatic carbocycles. The Hall–Kier alpha value is -3.46. The van der Waals surface area contributed by atoms with Crippen molar-refractivity contribution in [1.29, 1.82) is 0 Å². The van der Waals surface area contributed by atoms with Gasteiger partial charge in [-0.1, -0.05) is 79.1 Å². The fourth-order valence-corrected chi connectivity index (χ4v) is 4.47. The lowest BCUT2D eigenvalue weighted by atomic mass is 10.00. The zero-order chi connectivity index (χ0) is 24.8. The van der Waals surface area contributed by atoms with Crippen LogP contribution in [0.2, 0.25) is 0 Å². The van der Waals surface area contributed by atoms with Crippen molar-refractivity contribution < 1.29 is 0 Å². The molecule has 1 unspecified atom stereocenters. The van der Waals surface area contributed by atoms with Crippen LogP contribution >= 0.6 is 0 Å². The third kappa shape index (κ3) is 6.57. The monoisotopic (exact) mass is 463 g/mol. The summed E-state index contributed by atoms with van der Waals surface area (Å²) in [5.41, 5.74) is 10.2. The summed E-state index contributed by atoms with van der Waals surface area (Å²) in [6, 6.07) is 13.0. The number of hydrogen-bond acceptors (Lipinski definition) is 3. The molecule has 4 rings (SSSR count). The maximum atomic E-state index is 4.76. The van der Waals surface area contributed by atoms with Crippen LogP contribution in [0, 0.1) is 5.92 Å². The van der Waals surface area contributed by atoms with Crippen molar-refractivity contribution in [2.75, 3.05) is 4.90 Å². The van der Waals surface area contributed by atoms with E-state index in [1.165, 1.54) is 33.4 Å². The van der Waals surface area contributed by atoms with Crippen LogP contribution in [0.5, 0.6) is 0 Å². The summed E-state index contributed by atoms with van der Waals surface area (Å²) in [6.07, 6.45) is 19.4. The van der Waals surface area contributed by atoms with Crippen LogP contribution in [0.3, 0.4) is 0 Å². The maximum Gasteiger partial charge on any atom is 0.151 e. The Morgan fingerprint density at radius 2 is 1.89 bits per heavy atom. The predicted octanol–water partition coefficient (Wildman–Crippen LogP) is 8.75. The molecule has 2 aromatic rings. The fourth-order valence-electron chi connectivity index (χ4n) is 4.47. The van der Waals surface area contributed by atoms with Crippen molar-refractivity contribution >= 4 is 22.8 Å². The van der Waals surface area contributed by atoms with Gasteiger partial charge in [0.15, 0.2) is 5.82 Å². The lowest BCUT2D eigenvalue weighted by Crippen LogP contribution is -2.07. The third-order valence-corrected chi connectivity index (χ3v) is 6.82. The summed E-state index contributed by atoms with van der Waals surface area (Å²) in [5.74, 6) is 1.32. The fraction of sp³-hybridized carbons (Fsp3) is 0.312. The smallest absolute Gasteiger partial charge is 0.151 e. The molecule has 0 fully saturated rings. The van der Waals surface area contributed by atoms with Gasteiger partial charge in [-0.25, -0.2) is 9.98 Å². The number of aromatic nitrogens is 1. The summed E-state index contributed by atoms with van der Waals surface area (Å²) in [6.45, 7) is 11.0. The number of pyridine rings is 1. The second-order valence-corrected chi connectivity index (χ2v) is 9.87. The van der Waals surface area contributed by atoms with Crippen molar-refractivity contribution in [2.45, 2.75) is 60.3 Å². The molecule has 0 N–H and O–H groups in total. The van der Waals surface area contributed by atoms with Gasteiger partial charge in [0.25, 0.3) is 0 Å². The number of benzene rings is 1. The highest BCUT2D eigenvalue weighted by Crippen LogP contribution is 2.27. The molecule has 0 radical (unpaired) electrons. The van der Waals surface area contributed by atoms with Crippen LogP contribution < -0.4 is 4.90 Å². The summed E-state index contributed by atoms with van der Waals surface area (Å²) < 4.78 is 0. The molecule has 2 aliphatic rings. The Balaban J connectivity index is 1.43. The lowest BCUT2D eigenvalue weighted by Gasteiger charge is -2.16. The average Bonchev–Trinajstić information content (AvgIpc) is 3.15. The highest BCUT2D eigenvalue weighted by molar-refractivity contribution is 5.86. The summed E-state index contributed by atoms with van der Waals surface area (Å²) in [4.78, 5) is 11.5. The van der Waals surface area contributed by atoms with Crippen molar-refractivity contribution in [3.63, 3.8) is 0 Å². The summed E-state index contributed by atoms with van der Waals surface area (Å²) >= 11 is 0. The van der Waals surface area contributed by atoms with Gasteiger partial charge in [-0.3, -0.25) is 0 Å². The van der Waals surface area contributed by atoms with Crippen LogP contribution in [0.4, 0.5) is 11.5 Å². The Labute approximate surface area is 211 Å². The van der Waals surface area contributed by atoms with E-state index in [4.69, 9.17) is 4.99 Å². The number of rotatable bonds is 6. The van der Waals surface area contributed by atoms with Gasteiger partial charge in [0.05, 0.1) is 11.9 Å². The Morgan fingerprint density at radius 1 is 1.09 bits per heavy atom. The molecule has 1 aromatic heterocycles. The number of nitrogens with zero attached hydrogens (tertiary/aromatic N) is 3. The van der Waals surface area contributed by atoms with E-state index >= 15 is 0 Å². The molecule has 3 heteroatoms. The molecule has 0 saturated heterocycles.